The van der Waals surface area contributed by atoms with Crippen LogP contribution in [0.2, 0.25) is 19.6 Å². The van der Waals surface area contributed by atoms with Crippen molar-refractivity contribution in [3.05, 3.63) is 71.3 Å². The van der Waals surface area contributed by atoms with Crippen LogP contribution in [0.3, 0.4) is 0 Å². The van der Waals surface area contributed by atoms with E-state index in [0.29, 0.717) is 6.61 Å². The highest BCUT2D eigenvalue weighted by atomic mass is 28.4. The first-order chi connectivity index (χ1) is 12.6. The molecule has 0 fully saturated rings. The molecule has 148 valence electrons. The maximum absolute atomic E-state index is 12.8. The van der Waals surface area contributed by atoms with E-state index < -0.39 is 20.1 Å². The van der Waals surface area contributed by atoms with Gasteiger partial charge in [0.1, 0.15) is 0 Å². The third kappa shape index (κ3) is 6.79. The van der Waals surface area contributed by atoms with E-state index in [1.54, 1.807) is 12.1 Å². The SMILES string of the molecule is CC[C@H](N[C@H](CO[Si](C)(C)C)c1ccccc1)c1ccc(C(F)(F)F)cc1. The van der Waals surface area contributed by atoms with E-state index in [1.807, 2.05) is 37.3 Å². The molecule has 0 amide bonds. The summed E-state index contributed by atoms with van der Waals surface area (Å²) in [5, 5.41) is 3.58. The second-order valence-corrected chi connectivity index (χ2v) is 12.1. The van der Waals surface area contributed by atoms with Gasteiger partial charge in [0.25, 0.3) is 0 Å². The summed E-state index contributed by atoms with van der Waals surface area (Å²) < 4.78 is 44.6. The van der Waals surface area contributed by atoms with Crippen LogP contribution in [0.5, 0.6) is 0 Å². The molecule has 0 bridgehead atoms. The summed E-state index contributed by atoms with van der Waals surface area (Å²) in [6.45, 7) is 8.99. The lowest BCUT2D eigenvalue weighted by Gasteiger charge is -2.29. The van der Waals surface area contributed by atoms with Gasteiger partial charge in [0.2, 0.25) is 0 Å². The fraction of sp³-hybridized carbons (Fsp3) is 0.429. The molecular formula is C21H28F3NOSi. The molecule has 0 aliphatic carbocycles. The Morgan fingerprint density at radius 1 is 0.889 bits per heavy atom. The molecule has 0 aromatic heterocycles. The average molecular weight is 396 g/mol. The normalized spacial score (nSPS) is 14.8. The summed E-state index contributed by atoms with van der Waals surface area (Å²) in [6.07, 6.45) is -3.55. The molecule has 0 saturated heterocycles. The predicted octanol–water partition coefficient (Wildman–Crippen LogP) is 6.34. The monoisotopic (exact) mass is 395 g/mol. The molecular weight excluding hydrogens is 367 g/mol. The Bertz CT molecular complexity index is 696. The zero-order chi connectivity index (χ0) is 20.1. The molecule has 1 N–H and O–H groups in total. The molecule has 0 saturated carbocycles. The van der Waals surface area contributed by atoms with Crippen LogP contribution >= 0.6 is 0 Å². The third-order valence-electron chi connectivity index (χ3n) is 4.34. The molecule has 0 unspecified atom stereocenters. The molecule has 0 aliphatic rings. The largest absolute Gasteiger partial charge is 0.416 e. The van der Waals surface area contributed by atoms with Crippen LogP contribution in [-0.4, -0.2) is 14.9 Å². The van der Waals surface area contributed by atoms with Crippen LogP contribution in [-0.2, 0) is 10.6 Å². The van der Waals surface area contributed by atoms with Crippen LogP contribution in [0, 0.1) is 0 Å². The summed E-state index contributed by atoms with van der Waals surface area (Å²) in [6, 6.07) is 15.4. The van der Waals surface area contributed by atoms with Gasteiger partial charge in [-0.05, 0) is 49.3 Å². The lowest BCUT2D eigenvalue weighted by Crippen LogP contribution is -2.34. The predicted molar refractivity (Wildman–Crippen MR) is 106 cm³/mol. The Hall–Kier alpha value is -1.63. The standard InChI is InChI=1S/C21H28F3NOSi/c1-5-19(17-11-13-18(14-12-17)21(22,23)24)25-20(15-26-27(2,3)4)16-9-7-6-8-10-16/h6-14,19-20,25H,5,15H2,1-4H3/t19-,20+/m0/s1. The summed E-state index contributed by atoms with van der Waals surface area (Å²) in [4.78, 5) is 0. The van der Waals surface area contributed by atoms with Gasteiger partial charge in [-0.1, -0.05) is 49.4 Å². The van der Waals surface area contributed by atoms with E-state index in [-0.39, 0.29) is 12.1 Å². The number of nitrogens with one attached hydrogen (secondary N) is 1. The van der Waals surface area contributed by atoms with Gasteiger partial charge in [-0.15, -0.1) is 0 Å². The van der Waals surface area contributed by atoms with Crippen molar-refractivity contribution >= 4 is 8.32 Å². The van der Waals surface area contributed by atoms with Crippen LogP contribution in [0.25, 0.3) is 0 Å². The smallest absolute Gasteiger partial charge is 0.416 e. The Balaban J connectivity index is 2.20. The fourth-order valence-corrected chi connectivity index (χ4v) is 3.52. The van der Waals surface area contributed by atoms with E-state index in [4.69, 9.17) is 4.43 Å². The van der Waals surface area contributed by atoms with Crippen molar-refractivity contribution in [2.24, 2.45) is 0 Å². The minimum Gasteiger partial charge on any atom is -0.416 e. The Kier molecular flexibility index (Phi) is 7.25. The molecule has 0 spiro atoms. The summed E-state index contributed by atoms with van der Waals surface area (Å²) >= 11 is 0. The molecule has 2 nitrogen and oxygen atoms in total. The highest BCUT2D eigenvalue weighted by Gasteiger charge is 2.30. The van der Waals surface area contributed by atoms with E-state index in [0.717, 1.165) is 29.7 Å². The van der Waals surface area contributed by atoms with Gasteiger partial charge >= 0.3 is 6.18 Å². The quantitative estimate of drug-likeness (QED) is 0.527. The van der Waals surface area contributed by atoms with E-state index in [1.165, 1.54) is 0 Å². The highest BCUT2D eigenvalue weighted by molar-refractivity contribution is 6.69. The van der Waals surface area contributed by atoms with Gasteiger partial charge in [-0.2, -0.15) is 13.2 Å². The minimum atomic E-state index is -4.31. The Morgan fingerprint density at radius 3 is 1.93 bits per heavy atom. The summed E-state index contributed by atoms with van der Waals surface area (Å²) in [5.41, 5.74) is 1.34. The van der Waals surface area contributed by atoms with Crippen molar-refractivity contribution < 1.29 is 17.6 Å². The first-order valence-electron chi connectivity index (χ1n) is 9.22. The van der Waals surface area contributed by atoms with Crippen molar-refractivity contribution in [3.8, 4) is 0 Å². The fourth-order valence-electron chi connectivity index (χ4n) is 2.86. The minimum absolute atomic E-state index is 0.0230. The second-order valence-electron chi connectivity index (χ2n) is 7.63. The second kappa shape index (κ2) is 9.04. The van der Waals surface area contributed by atoms with Gasteiger partial charge in [-0.3, -0.25) is 0 Å². The summed E-state index contributed by atoms with van der Waals surface area (Å²) in [7, 11) is -1.69. The zero-order valence-electron chi connectivity index (χ0n) is 16.3. The maximum Gasteiger partial charge on any atom is 0.416 e. The lowest BCUT2D eigenvalue weighted by atomic mass is 9.99. The highest BCUT2D eigenvalue weighted by Crippen LogP contribution is 2.31. The van der Waals surface area contributed by atoms with Gasteiger partial charge < -0.3 is 9.74 Å². The van der Waals surface area contributed by atoms with E-state index in [2.05, 4.69) is 25.0 Å². The van der Waals surface area contributed by atoms with E-state index in [9.17, 15) is 13.2 Å². The summed E-state index contributed by atoms with van der Waals surface area (Å²) in [5.74, 6) is 0. The van der Waals surface area contributed by atoms with Crippen molar-refractivity contribution in [2.45, 2.75) is 51.2 Å². The maximum atomic E-state index is 12.8. The Labute approximate surface area is 160 Å². The van der Waals surface area contributed by atoms with Crippen LogP contribution < -0.4 is 5.32 Å². The Morgan fingerprint density at radius 2 is 1.44 bits per heavy atom. The van der Waals surface area contributed by atoms with Crippen molar-refractivity contribution in [3.63, 3.8) is 0 Å². The molecule has 2 rings (SSSR count). The topological polar surface area (TPSA) is 21.3 Å². The number of hydrogen-bond donors (Lipinski definition) is 1. The van der Waals surface area contributed by atoms with Crippen molar-refractivity contribution in [1.29, 1.82) is 0 Å². The molecule has 0 radical (unpaired) electrons. The first kappa shape index (κ1) is 21.7. The number of rotatable bonds is 8. The first-order valence-corrected chi connectivity index (χ1v) is 12.6. The number of alkyl halides is 3. The van der Waals surface area contributed by atoms with Gasteiger partial charge in [0.15, 0.2) is 8.32 Å². The molecule has 0 heterocycles. The van der Waals surface area contributed by atoms with Gasteiger partial charge in [0, 0.05) is 6.04 Å². The van der Waals surface area contributed by atoms with Crippen molar-refractivity contribution in [2.75, 3.05) is 6.61 Å². The number of halogens is 3. The molecule has 6 heteroatoms. The van der Waals surface area contributed by atoms with E-state index >= 15 is 0 Å². The number of hydrogen-bond acceptors (Lipinski definition) is 2. The van der Waals surface area contributed by atoms with Gasteiger partial charge in [-0.25, -0.2) is 0 Å². The van der Waals surface area contributed by atoms with Crippen LogP contribution in [0.15, 0.2) is 54.6 Å². The average Bonchev–Trinajstić information content (AvgIpc) is 2.61. The molecule has 27 heavy (non-hydrogen) atoms. The number of benzene rings is 2. The molecule has 0 aliphatic heterocycles. The molecule has 2 aromatic rings. The lowest BCUT2D eigenvalue weighted by molar-refractivity contribution is -0.137. The molecule has 2 aromatic carbocycles. The van der Waals surface area contributed by atoms with Crippen LogP contribution in [0.1, 0.15) is 42.1 Å². The van der Waals surface area contributed by atoms with Gasteiger partial charge in [0.05, 0.1) is 18.2 Å². The van der Waals surface area contributed by atoms with Crippen LogP contribution in [0.4, 0.5) is 13.2 Å². The zero-order valence-corrected chi connectivity index (χ0v) is 17.3. The molecule has 2 atom stereocenters. The van der Waals surface area contributed by atoms with Crippen molar-refractivity contribution in [1.82, 2.24) is 5.32 Å². The third-order valence-corrected chi connectivity index (χ3v) is 5.37.